The molecular weight excluding hydrogens is 240 g/mol. The van der Waals surface area contributed by atoms with Gasteiger partial charge in [-0.15, -0.1) is 0 Å². The average Bonchev–Trinajstić information content (AvgIpc) is 2.10. The Hall–Kier alpha value is -1.19. The van der Waals surface area contributed by atoms with Crippen molar-refractivity contribution in [3.05, 3.63) is 0 Å². The first kappa shape index (κ1) is 14.8. The Morgan fingerprint density at radius 1 is 1.31 bits per heavy atom. The molecule has 0 aromatic carbocycles. The number of rotatable bonds is 7. The van der Waals surface area contributed by atoms with E-state index in [1.54, 1.807) is 0 Å². The lowest BCUT2D eigenvalue weighted by Gasteiger charge is -2.15. The predicted molar refractivity (Wildman–Crippen MR) is 54.0 cm³/mol. The van der Waals surface area contributed by atoms with Gasteiger partial charge >= 0.3 is 11.9 Å². The Bertz CT molecular complexity index is 363. The Balaban J connectivity index is 4.45. The van der Waals surface area contributed by atoms with Gasteiger partial charge in [0.15, 0.2) is 0 Å². The molecule has 0 radical (unpaired) electrons. The van der Waals surface area contributed by atoms with Crippen molar-refractivity contribution in [2.75, 3.05) is 20.6 Å². The van der Waals surface area contributed by atoms with Gasteiger partial charge < -0.3 is 10.2 Å². The fourth-order valence-corrected chi connectivity index (χ4v) is 1.46. The Kier molecular flexibility index (Phi) is 5.35. The van der Waals surface area contributed by atoms with Gasteiger partial charge in [-0.1, -0.05) is 0 Å². The van der Waals surface area contributed by atoms with Gasteiger partial charge in [-0.2, -0.15) is 12.7 Å². The zero-order chi connectivity index (χ0) is 12.9. The predicted octanol–water partition coefficient (Wildman–Crippen LogP) is -1.44. The molecule has 94 valence electrons. The van der Waals surface area contributed by atoms with Crippen molar-refractivity contribution >= 4 is 22.1 Å². The number of hydrogen-bond donors (Lipinski definition) is 3. The van der Waals surface area contributed by atoms with Crippen LogP contribution in [0, 0.1) is 5.92 Å². The fraction of sp³-hybridized carbons (Fsp3) is 0.714. The van der Waals surface area contributed by atoms with Crippen LogP contribution in [0.2, 0.25) is 0 Å². The summed E-state index contributed by atoms with van der Waals surface area (Å²) in [5.74, 6) is -3.94. The lowest BCUT2D eigenvalue weighted by Crippen LogP contribution is -2.40. The highest BCUT2D eigenvalue weighted by atomic mass is 32.2. The van der Waals surface area contributed by atoms with Crippen LogP contribution in [0.3, 0.4) is 0 Å². The van der Waals surface area contributed by atoms with E-state index in [-0.39, 0.29) is 0 Å². The number of aliphatic carboxylic acids is 2. The number of nitrogens with one attached hydrogen (secondary N) is 1. The van der Waals surface area contributed by atoms with Crippen molar-refractivity contribution in [3.8, 4) is 0 Å². The van der Waals surface area contributed by atoms with Crippen molar-refractivity contribution in [1.29, 1.82) is 0 Å². The molecule has 0 bridgehead atoms. The van der Waals surface area contributed by atoms with E-state index in [0.717, 1.165) is 4.31 Å². The topological polar surface area (TPSA) is 124 Å². The highest BCUT2D eigenvalue weighted by molar-refractivity contribution is 7.87. The summed E-state index contributed by atoms with van der Waals surface area (Å²) in [6.45, 7) is -0.456. The summed E-state index contributed by atoms with van der Waals surface area (Å²) in [7, 11) is -1.19. The number of carboxylic acid groups (broad SMARTS) is 2. The summed E-state index contributed by atoms with van der Waals surface area (Å²) >= 11 is 0. The summed E-state index contributed by atoms with van der Waals surface area (Å²) < 4.78 is 25.3. The molecule has 0 aliphatic heterocycles. The van der Waals surface area contributed by atoms with E-state index >= 15 is 0 Å². The maximum atomic E-state index is 11.2. The van der Waals surface area contributed by atoms with Crippen molar-refractivity contribution < 1.29 is 28.2 Å². The first-order valence-corrected chi connectivity index (χ1v) is 5.72. The van der Waals surface area contributed by atoms with E-state index in [4.69, 9.17) is 10.2 Å². The fourth-order valence-electron chi connectivity index (χ4n) is 0.793. The van der Waals surface area contributed by atoms with Crippen LogP contribution in [-0.2, 0) is 19.8 Å². The second-order valence-corrected chi connectivity index (χ2v) is 5.24. The Morgan fingerprint density at radius 2 is 1.81 bits per heavy atom. The molecule has 0 aliphatic rings. The zero-order valence-corrected chi connectivity index (χ0v) is 9.69. The van der Waals surface area contributed by atoms with Gasteiger partial charge in [-0.25, -0.2) is 4.72 Å². The van der Waals surface area contributed by atoms with Gasteiger partial charge in [0.05, 0.1) is 12.3 Å². The third kappa shape index (κ3) is 5.05. The van der Waals surface area contributed by atoms with E-state index in [9.17, 15) is 18.0 Å². The van der Waals surface area contributed by atoms with Crippen LogP contribution in [0.25, 0.3) is 0 Å². The van der Waals surface area contributed by atoms with Gasteiger partial charge in [0.25, 0.3) is 10.2 Å². The normalized spacial score (nSPS) is 13.7. The minimum absolute atomic E-state index is 0.456. The van der Waals surface area contributed by atoms with Crippen LogP contribution >= 0.6 is 0 Å². The molecule has 0 amide bonds. The first-order chi connectivity index (χ1) is 7.16. The molecule has 1 unspecified atom stereocenters. The molecule has 0 spiro atoms. The third-order valence-electron chi connectivity index (χ3n) is 1.76. The molecular formula is C7H14N2O6S. The highest BCUT2D eigenvalue weighted by Crippen LogP contribution is 2.03. The van der Waals surface area contributed by atoms with E-state index in [1.807, 2.05) is 4.72 Å². The van der Waals surface area contributed by atoms with Gasteiger partial charge in [0.1, 0.15) is 0 Å². The number of nitrogens with zero attached hydrogens (tertiary/aromatic N) is 1. The summed E-state index contributed by atoms with van der Waals surface area (Å²) in [6.07, 6.45) is -0.634. The molecule has 1 atom stereocenters. The van der Waals surface area contributed by atoms with E-state index < -0.39 is 41.0 Å². The maximum absolute atomic E-state index is 11.2. The van der Waals surface area contributed by atoms with E-state index in [2.05, 4.69) is 0 Å². The second kappa shape index (κ2) is 5.77. The Labute approximate surface area is 93.0 Å². The molecule has 0 aromatic heterocycles. The average molecular weight is 254 g/mol. The molecule has 0 aromatic rings. The first-order valence-electron chi connectivity index (χ1n) is 4.28. The minimum Gasteiger partial charge on any atom is -0.481 e. The van der Waals surface area contributed by atoms with Crippen LogP contribution in [0.1, 0.15) is 6.42 Å². The molecule has 16 heavy (non-hydrogen) atoms. The molecule has 3 N–H and O–H groups in total. The van der Waals surface area contributed by atoms with Crippen LogP contribution in [0.15, 0.2) is 0 Å². The monoisotopic (exact) mass is 254 g/mol. The van der Waals surface area contributed by atoms with Gasteiger partial charge in [-0.05, 0) is 0 Å². The van der Waals surface area contributed by atoms with Crippen LogP contribution in [-0.4, -0.2) is 55.5 Å². The van der Waals surface area contributed by atoms with Crippen LogP contribution < -0.4 is 4.72 Å². The summed E-state index contributed by atoms with van der Waals surface area (Å²) in [6, 6.07) is 0. The minimum atomic E-state index is -3.74. The molecule has 0 saturated heterocycles. The standard InChI is InChI=1S/C7H14N2O6S/c1-9(2)16(14,15)8-4-5(7(12)13)3-6(10)11/h5,8H,3-4H2,1-2H3,(H,10,11)(H,12,13). The SMILES string of the molecule is CN(C)S(=O)(=O)NCC(CC(=O)O)C(=O)O. The molecule has 0 aliphatic carbocycles. The lowest BCUT2D eigenvalue weighted by molar-refractivity contribution is -0.147. The van der Waals surface area contributed by atoms with Crippen molar-refractivity contribution in [2.45, 2.75) is 6.42 Å². The van der Waals surface area contributed by atoms with Crippen molar-refractivity contribution in [2.24, 2.45) is 5.92 Å². The van der Waals surface area contributed by atoms with E-state index in [0.29, 0.717) is 0 Å². The maximum Gasteiger partial charge on any atom is 0.308 e. The summed E-state index contributed by atoms with van der Waals surface area (Å²) in [5.41, 5.74) is 0. The van der Waals surface area contributed by atoms with Gasteiger partial charge in [0, 0.05) is 20.6 Å². The molecule has 0 fully saturated rings. The third-order valence-corrected chi connectivity index (χ3v) is 3.26. The molecule has 9 heteroatoms. The van der Waals surface area contributed by atoms with Gasteiger partial charge in [-0.3, -0.25) is 9.59 Å². The van der Waals surface area contributed by atoms with Crippen LogP contribution in [0.5, 0.6) is 0 Å². The Morgan fingerprint density at radius 3 is 2.12 bits per heavy atom. The largest absolute Gasteiger partial charge is 0.481 e. The van der Waals surface area contributed by atoms with Crippen molar-refractivity contribution in [3.63, 3.8) is 0 Å². The second-order valence-electron chi connectivity index (χ2n) is 3.27. The number of hydrogen-bond acceptors (Lipinski definition) is 4. The van der Waals surface area contributed by atoms with Crippen molar-refractivity contribution in [1.82, 2.24) is 9.03 Å². The number of carbonyl (C=O) groups is 2. The van der Waals surface area contributed by atoms with Gasteiger partial charge in [0.2, 0.25) is 0 Å². The number of carboxylic acids is 2. The lowest BCUT2D eigenvalue weighted by atomic mass is 10.1. The zero-order valence-electron chi connectivity index (χ0n) is 8.87. The smallest absolute Gasteiger partial charge is 0.308 e. The summed E-state index contributed by atoms with van der Waals surface area (Å²) in [4.78, 5) is 20.9. The quantitative estimate of drug-likeness (QED) is 0.511. The molecule has 0 heterocycles. The molecule has 8 nitrogen and oxygen atoms in total. The van der Waals surface area contributed by atoms with E-state index in [1.165, 1.54) is 14.1 Å². The molecule has 0 rings (SSSR count). The molecule has 0 saturated carbocycles. The summed E-state index contributed by atoms with van der Waals surface area (Å²) in [5, 5.41) is 17.1. The van der Waals surface area contributed by atoms with Crippen LogP contribution in [0.4, 0.5) is 0 Å². The highest BCUT2D eigenvalue weighted by Gasteiger charge is 2.23.